The van der Waals surface area contributed by atoms with Crippen LogP contribution in [0.2, 0.25) is 0 Å². The quantitative estimate of drug-likeness (QED) is 0.729. The van der Waals surface area contributed by atoms with Gasteiger partial charge in [-0.15, -0.1) is 0 Å². The van der Waals surface area contributed by atoms with Gasteiger partial charge in [0.15, 0.2) is 6.61 Å². The monoisotopic (exact) mass is 190 g/mol. The first kappa shape index (κ1) is 8.74. The number of anilines is 1. The van der Waals surface area contributed by atoms with Gasteiger partial charge in [0.25, 0.3) is 5.91 Å². The maximum absolute atomic E-state index is 11.0. The largest absolute Gasteiger partial charge is 0.466 e. The van der Waals surface area contributed by atoms with Crippen LogP contribution in [0, 0.1) is 0 Å². The predicted molar refractivity (Wildman–Crippen MR) is 53.1 cm³/mol. The zero-order valence-corrected chi connectivity index (χ0v) is 7.83. The number of rotatable bonds is 1. The van der Waals surface area contributed by atoms with E-state index in [0.717, 1.165) is 11.1 Å². The van der Waals surface area contributed by atoms with Gasteiger partial charge in [-0.3, -0.25) is 4.79 Å². The molecule has 72 valence electrons. The van der Waals surface area contributed by atoms with Gasteiger partial charge in [-0.25, -0.2) is 4.98 Å². The van der Waals surface area contributed by atoms with Gasteiger partial charge >= 0.3 is 0 Å². The van der Waals surface area contributed by atoms with E-state index in [1.54, 1.807) is 6.20 Å². The van der Waals surface area contributed by atoms with E-state index in [-0.39, 0.29) is 12.5 Å². The summed E-state index contributed by atoms with van der Waals surface area (Å²) in [5, 5.41) is 2.69. The summed E-state index contributed by atoms with van der Waals surface area (Å²) in [7, 11) is 0. The van der Waals surface area contributed by atoms with Gasteiger partial charge in [-0.2, -0.15) is 0 Å². The Hall–Kier alpha value is -1.84. The molecule has 1 aromatic heterocycles. The number of aromatic nitrogens is 1. The number of nitrogens with zero attached hydrogens (tertiary/aromatic N) is 1. The number of hydrogen-bond donors (Lipinski definition) is 1. The van der Waals surface area contributed by atoms with Gasteiger partial charge < -0.3 is 10.1 Å². The predicted octanol–water partition coefficient (Wildman–Crippen LogP) is 1.45. The van der Waals surface area contributed by atoms with Gasteiger partial charge in [0.1, 0.15) is 5.69 Å². The van der Waals surface area contributed by atoms with Crippen LogP contribution in [0.15, 0.2) is 18.8 Å². The molecular formula is C10H10N2O2. The maximum Gasteiger partial charge on any atom is 0.262 e. The average molecular weight is 190 g/mol. The molecule has 0 fully saturated rings. The Kier molecular flexibility index (Phi) is 1.96. The third kappa shape index (κ3) is 1.46. The number of nitrogens with one attached hydrogen (secondary N) is 1. The standard InChI is InChI=1S/C10H10N2O2/c1-6(2)7-3-8-10(11-4-7)14-5-9(13)12-8/h3-4H,1,5H2,2H3,(H,12,13). The van der Waals surface area contributed by atoms with Gasteiger partial charge in [0.2, 0.25) is 5.88 Å². The van der Waals surface area contributed by atoms with Crippen LogP contribution in [-0.4, -0.2) is 17.5 Å². The number of fused-ring (bicyclic) bond motifs is 1. The van der Waals surface area contributed by atoms with Crippen molar-refractivity contribution in [1.29, 1.82) is 0 Å². The molecule has 0 aromatic carbocycles. The zero-order chi connectivity index (χ0) is 10.1. The van der Waals surface area contributed by atoms with Crippen molar-refractivity contribution in [3.63, 3.8) is 0 Å². The number of carbonyl (C=O) groups is 1. The second-order valence-corrected chi connectivity index (χ2v) is 3.19. The first-order valence-corrected chi connectivity index (χ1v) is 4.25. The molecule has 1 amide bonds. The Bertz CT molecular complexity index is 413. The Labute approximate surface area is 81.6 Å². The lowest BCUT2D eigenvalue weighted by molar-refractivity contribution is -0.118. The van der Waals surface area contributed by atoms with Crippen molar-refractivity contribution < 1.29 is 9.53 Å². The molecule has 0 saturated carbocycles. The molecule has 4 heteroatoms. The Morgan fingerprint density at radius 2 is 2.50 bits per heavy atom. The minimum Gasteiger partial charge on any atom is -0.466 e. The van der Waals surface area contributed by atoms with Crippen LogP contribution in [0.3, 0.4) is 0 Å². The van der Waals surface area contributed by atoms with E-state index in [2.05, 4.69) is 16.9 Å². The van der Waals surface area contributed by atoms with Crippen molar-refractivity contribution >= 4 is 17.2 Å². The maximum atomic E-state index is 11.0. The lowest BCUT2D eigenvalue weighted by Crippen LogP contribution is -2.26. The van der Waals surface area contributed by atoms with Crippen LogP contribution in [0.1, 0.15) is 12.5 Å². The summed E-state index contributed by atoms with van der Waals surface area (Å²) >= 11 is 0. The van der Waals surface area contributed by atoms with Gasteiger partial charge in [0, 0.05) is 6.20 Å². The van der Waals surface area contributed by atoms with Gasteiger partial charge in [-0.1, -0.05) is 6.58 Å². The average Bonchev–Trinajstić information content (AvgIpc) is 2.16. The normalized spacial score (nSPS) is 13.9. The smallest absolute Gasteiger partial charge is 0.262 e. The van der Waals surface area contributed by atoms with Crippen molar-refractivity contribution in [1.82, 2.24) is 4.98 Å². The number of carbonyl (C=O) groups excluding carboxylic acids is 1. The Morgan fingerprint density at radius 1 is 1.71 bits per heavy atom. The summed E-state index contributed by atoms with van der Waals surface area (Å²) < 4.78 is 5.12. The second kappa shape index (κ2) is 3.14. The number of pyridine rings is 1. The van der Waals surface area contributed by atoms with Crippen molar-refractivity contribution in [2.45, 2.75) is 6.92 Å². The third-order valence-electron chi connectivity index (χ3n) is 1.96. The van der Waals surface area contributed by atoms with E-state index in [4.69, 9.17) is 4.74 Å². The molecule has 0 saturated heterocycles. The van der Waals surface area contributed by atoms with Crippen LogP contribution in [0.4, 0.5) is 5.69 Å². The number of ether oxygens (including phenoxy) is 1. The Balaban J connectivity index is 2.42. The van der Waals surface area contributed by atoms with Crippen molar-refractivity contribution in [2.75, 3.05) is 11.9 Å². The molecule has 0 atom stereocenters. The fourth-order valence-electron chi connectivity index (χ4n) is 1.21. The summed E-state index contributed by atoms with van der Waals surface area (Å²) in [5.41, 5.74) is 2.41. The fraction of sp³-hybridized carbons (Fsp3) is 0.200. The summed E-state index contributed by atoms with van der Waals surface area (Å²) in [4.78, 5) is 15.1. The van der Waals surface area contributed by atoms with Crippen LogP contribution in [-0.2, 0) is 4.79 Å². The van der Waals surface area contributed by atoms with E-state index in [9.17, 15) is 4.79 Å². The van der Waals surface area contributed by atoms with E-state index >= 15 is 0 Å². The summed E-state index contributed by atoms with van der Waals surface area (Å²) in [6.45, 7) is 5.72. The van der Waals surface area contributed by atoms with Crippen LogP contribution in [0.25, 0.3) is 5.57 Å². The number of allylic oxidation sites excluding steroid dienone is 1. The SMILES string of the molecule is C=C(C)c1cnc2c(c1)NC(=O)CO2. The molecule has 1 aliphatic rings. The molecule has 0 spiro atoms. The minimum atomic E-state index is -0.154. The Morgan fingerprint density at radius 3 is 3.21 bits per heavy atom. The highest BCUT2D eigenvalue weighted by atomic mass is 16.5. The van der Waals surface area contributed by atoms with E-state index in [1.807, 2.05) is 13.0 Å². The molecule has 2 rings (SSSR count). The third-order valence-corrected chi connectivity index (χ3v) is 1.96. The molecule has 4 nitrogen and oxygen atoms in total. The molecule has 0 bridgehead atoms. The molecule has 14 heavy (non-hydrogen) atoms. The molecule has 0 radical (unpaired) electrons. The van der Waals surface area contributed by atoms with E-state index in [1.165, 1.54) is 0 Å². The highest BCUT2D eigenvalue weighted by molar-refractivity contribution is 5.95. The first-order chi connectivity index (χ1) is 6.66. The molecule has 1 N–H and O–H groups in total. The van der Waals surface area contributed by atoms with Crippen LogP contribution >= 0.6 is 0 Å². The minimum absolute atomic E-state index is 0.0341. The van der Waals surface area contributed by atoms with E-state index in [0.29, 0.717) is 11.6 Å². The number of hydrogen-bond acceptors (Lipinski definition) is 3. The lowest BCUT2D eigenvalue weighted by Gasteiger charge is -2.17. The molecule has 1 aromatic rings. The highest BCUT2D eigenvalue weighted by Crippen LogP contribution is 2.27. The van der Waals surface area contributed by atoms with Gasteiger partial charge in [-0.05, 0) is 24.1 Å². The molecule has 0 unspecified atom stereocenters. The summed E-state index contributed by atoms with van der Waals surface area (Å²) in [6, 6.07) is 1.81. The van der Waals surface area contributed by atoms with Crippen LogP contribution in [0.5, 0.6) is 5.88 Å². The molecule has 2 heterocycles. The fourth-order valence-corrected chi connectivity index (χ4v) is 1.21. The zero-order valence-electron chi connectivity index (χ0n) is 7.83. The van der Waals surface area contributed by atoms with E-state index < -0.39 is 0 Å². The highest BCUT2D eigenvalue weighted by Gasteiger charge is 2.17. The van der Waals surface area contributed by atoms with Crippen molar-refractivity contribution in [3.05, 3.63) is 24.4 Å². The summed E-state index contributed by atoms with van der Waals surface area (Å²) in [5.74, 6) is 0.313. The van der Waals surface area contributed by atoms with Crippen LogP contribution < -0.4 is 10.1 Å². The topological polar surface area (TPSA) is 51.2 Å². The summed E-state index contributed by atoms with van der Waals surface area (Å²) in [6.07, 6.45) is 1.68. The first-order valence-electron chi connectivity index (χ1n) is 4.25. The lowest BCUT2D eigenvalue weighted by atomic mass is 10.1. The number of amides is 1. The van der Waals surface area contributed by atoms with Crippen molar-refractivity contribution in [3.8, 4) is 5.88 Å². The van der Waals surface area contributed by atoms with Crippen molar-refractivity contribution in [2.24, 2.45) is 0 Å². The molecule has 0 aliphatic carbocycles. The molecular weight excluding hydrogens is 180 g/mol. The molecule has 1 aliphatic heterocycles. The van der Waals surface area contributed by atoms with Gasteiger partial charge in [0.05, 0.1) is 0 Å². The second-order valence-electron chi connectivity index (χ2n) is 3.19.